The molecule has 182 valence electrons. The maximum atomic E-state index is 14.7. The molecule has 1 amide bonds. The standard InChI is InChI=1S/C25H26BClFN3O4/c1-14-18(12-15(28)13-20(14)30-22(32)17-10-11-29-31(6)23(17)33)16-8-7-9-19(21(16)27)26-34-24(2,3)25(4,5)35-26/h7-13H,1-6H3,(H,30,32). The summed E-state index contributed by atoms with van der Waals surface area (Å²) in [7, 11) is 0.753. The van der Waals surface area contributed by atoms with Crippen molar-refractivity contribution >= 4 is 35.8 Å². The summed E-state index contributed by atoms with van der Waals surface area (Å²) in [4.78, 5) is 25.0. The Morgan fingerprint density at radius 3 is 2.43 bits per heavy atom. The molecule has 0 aliphatic carbocycles. The highest BCUT2D eigenvalue weighted by molar-refractivity contribution is 6.66. The average molecular weight is 498 g/mol. The molecule has 1 aliphatic heterocycles. The molecular formula is C25H26BClFN3O4. The van der Waals surface area contributed by atoms with Crippen LogP contribution < -0.4 is 16.3 Å². The van der Waals surface area contributed by atoms with Crippen molar-refractivity contribution in [3.8, 4) is 11.1 Å². The molecule has 35 heavy (non-hydrogen) atoms. The van der Waals surface area contributed by atoms with Crippen LogP contribution in [-0.2, 0) is 16.4 Å². The second-order valence-electron chi connectivity index (χ2n) is 9.55. The van der Waals surface area contributed by atoms with Gasteiger partial charge in [0.1, 0.15) is 11.4 Å². The fraction of sp³-hybridized carbons (Fsp3) is 0.320. The molecule has 3 aromatic rings. The summed E-state index contributed by atoms with van der Waals surface area (Å²) in [6.45, 7) is 9.55. The summed E-state index contributed by atoms with van der Waals surface area (Å²) >= 11 is 6.81. The molecule has 2 heterocycles. The number of carbonyl (C=O) groups is 1. The first kappa shape index (κ1) is 25.1. The lowest BCUT2D eigenvalue weighted by atomic mass is 9.77. The highest BCUT2D eigenvalue weighted by Crippen LogP contribution is 2.39. The predicted molar refractivity (Wildman–Crippen MR) is 135 cm³/mol. The van der Waals surface area contributed by atoms with Crippen LogP contribution in [0, 0.1) is 12.7 Å². The van der Waals surface area contributed by atoms with E-state index in [1.54, 1.807) is 19.1 Å². The van der Waals surface area contributed by atoms with Gasteiger partial charge in [0.15, 0.2) is 0 Å². The Labute approximate surface area is 208 Å². The number of aryl methyl sites for hydroxylation is 1. The van der Waals surface area contributed by atoms with Gasteiger partial charge < -0.3 is 14.6 Å². The quantitative estimate of drug-likeness (QED) is 0.549. The first-order valence-corrected chi connectivity index (χ1v) is 11.5. The Kier molecular flexibility index (Phi) is 6.38. The molecule has 1 fully saturated rings. The Balaban J connectivity index is 1.73. The third-order valence-electron chi connectivity index (χ3n) is 6.70. The summed E-state index contributed by atoms with van der Waals surface area (Å²) in [5, 5.41) is 6.82. The van der Waals surface area contributed by atoms with E-state index in [4.69, 9.17) is 20.9 Å². The number of nitrogens with one attached hydrogen (secondary N) is 1. The minimum atomic E-state index is -0.691. The van der Waals surface area contributed by atoms with Crippen LogP contribution in [0.4, 0.5) is 10.1 Å². The molecular weight excluding hydrogens is 472 g/mol. The first-order chi connectivity index (χ1) is 16.3. The largest absolute Gasteiger partial charge is 0.496 e. The number of benzene rings is 2. The zero-order valence-electron chi connectivity index (χ0n) is 20.4. The van der Waals surface area contributed by atoms with Crippen LogP contribution in [0.15, 0.2) is 47.4 Å². The van der Waals surface area contributed by atoms with Gasteiger partial charge in [-0.3, -0.25) is 9.59 Å². The van der Waals surface area contributed by atoms with Crippen molar-refractivity contribution < 1.29 is 18.5 Å². The molecule has 0 bridgehead atoms. The van der Waals surface area contributed by atoms with Crippen LogP contribution in [0.3, 0.4) is 0 Å². The van der Waals surface area contributed by atoms with Crippen LogP contribution in [-0.4, -0.2) is 34.0 Å². The Morgan fingerprint density at radius 1 is 1.11 bits per heavy atom. The van der Waals surface area contributed by atoms with E-state index in [1.165, 1.54) is 31.4 Å². The van der Waals surface area contributed by atoms with Crippen molar-refractivity contribution in [2.45, 2.75) is 45.8 Å². The molecule has 4 rings (SSSR count). The van der Waals surface area contributed by atoms with E-state index in [9.17, 15) is 14.0 Å². The molecule has 2 aromatic carbocycles. The molecule has 1 N–H and O–H groups in total. The zero-order chi connectivity index (χ0) is 25.7. The van der Waals surface area contributed by atoms with Gasteiger partial charge in [-0.15, -0.1) is 0 Å². The predicted octanol–water partition coefficient (Wildman–Crippen LogP) is 4.10. The maximum absolute atomic E-state index is 14.7. The van der Waals surface area contributed by atoms with Crippen molar-refractivity contribution in [3.05, 3.63) is 74.9 Å². The smallest absolute Gasteiger partial charge is 0.399 e. The molecule has 1 aliphatic rings. The first-order valence-electron chi connectivity index (χ1n) is 11.1. The molecule has 0 atom stereocenters. The van der Waals surface area contributed by atoms with Crippen molar-refractivity contribution in [1.29, 1.82) is 0 Å². The average Bonchev–Trinajstić information content (AvgIpc) is 2.99. The maximum Gasteiger partial charge on any atom is 0.496 e. The molecule has 0 unspecified atom stereocenters. The van der Waals surface area contributed by atoms with Crippen molar-refractivity contribution in [2.75, 3.05) is 5.32 Å². The molecule has 10 heteroatoms. The Bertz CT molecular complexity index is 1370. The summed E-state index contributed by atoms with van der Waals surface area (Å²) in [6.07, 6.45) is 1.35. The third-order valence-corrected chi connectivity index (χ3v) is 7.12. The lowest BCUT2D eigenvalue weighted by Crippen LogP contribution is -2.41. The van der Waals surface area contributed by atoms with Gasteiger partial charge in [-0.05, 0) is 63.9 Å². The van der Waals surface area contributed by atoms with Gasteiger partial charge in [0, 0.05) is 35.0 Å². The van der Waals surface area contributed by atoms with Crippen molar-refractivity contribution in [2.24, 2.45) is 7.05 Å². The summed E-state index contributed by atoms with van der Waals surface area (Å²) in [6, 6.07) is 9.25. The third kappa shape index (κ3) is 4.51. The van der Waals surface area contributed by atoms with Gasteiger partial charge in [0.05, 0.1) is 11.2 Å². The molecule has 1 saturated heterocycles. The van der Waals surface area contributed by atoms with Crippen LogP contribution >= 0.6 is 11.6 Å². The number of amides is 1. The van der Waals surface area contributed by atoms with Crippen molar-refractivity contribution in [1.82, 2.24) is 9.78 Å². The fourth-order valence-corrected chi connectivity index (χ4v) is 4.18. The van der Waals surface area contributed by atoms with Gasteiger partial charge in [-0.2, -0.15) is 5.10 Å². The minimum absolute atomic E-state index is 0.103. The van der Waals surface area contributed by atoms with Crippen LogP contribution in [0.2, 0.25) is 5.02 Å². The van der Waals surface area contributed by atoms with Crippen LogP contribution in [0.1, 0.15) is 43.6 Å². The Hall–Kier alpha value is -3.01. The molecule has 1 aromatic heterocycles. The van der Waals surface area contributed by atoms with E-state index in [0.717, 1.165) is 4.68 Å². The van der Waals surface area contributed by atoms with E-state index in [1.807, 2.05) is 33.8 Å². The number of carbonyl (C=O) groups excluding carboxylic acids is 1. The van der Waals surface area contributed by atoms with Gasteiger partial charge in [-0.1, -0.05) is 29.8 Å². The van der Waals surface area contributed by atoms with Crippen LogP contribution in [0.5, 0.6) is 0 Å². The van der Waals surface area contributed by atoms with Crippen LogP contribution in [0.25, 0.3) is 11.1 Å². The number of anilines is 1. The van der Waals surface area contributed by atoms with Gasteiger partial charge in [-0.25, -0.2) is 9.07 Å². The molecule has 0 radical (unpaired) electrons. The second kappa shape index (κ2) is 8.89. The monoisotopic (exact) mass is 497 g/mol. The van der Waals surface area contributed by atoms with Crippen molar-refractivity contribution in [3.63, 3.8) is 0 Å². The highest BCUT2D eigenvalue weighted by atomic mass is 35.5. The van der Waals surface area contributed by atoms with E-state index in [-0.39, 0.29) is 11.3 Å². The topological polar surface area (TPSA) is 82.5 Å². The number of hydrogen-bond acceptors (Lipinski definition) is 5. The summed E-state index contributed by atoms with van der Waals surface area (Å²) in [5.74, 6) is -1.23. The number of nitrogens with zero attached hydrogens (tertiary/aromatic N) is 2. The van der Waals surface area contributed by atoms with Gasteiger partial charge >= 0.3 is 7.12 Å². The number of hydrogen-bond donors (Lipinski definition) is 1. The molecule has 0 spiro atoms. The van der Waals surface area contributed by atoms with E-state index >= 15 is 0 Å². The van der Waals surface area contributed by atoms with Gasteiger partial charge in [0.25, 0.3) is 11.5 Å². The number of halogens is 2. The second-order valence-corrected chi connectivity index (χ2v) is 9.93. The number of rotatable bonds is 4. The van der Waals surface area contributed by atoms with Gasteiger partial charge in [0.2, 0.25) is 0 Å². The highest BCUT2D eigenvalue weighted by Gasteiger charge is 2.52. The SMILES string of the molecule is Cc1c(NC(=O)c2ccnn(C)c2=O)cc(F)cc1-c1cccc(B2OC(C)(C)C(C)(C)O2)c1Cl. The lowest BCUT2D eigenvalue weighted by Gasteiger charge is -2.32. The normalized spacial score (nSPS) is 16.4. The number of aromatic nitrogens is 2. The van der Waals surface area contributed by atoms with E-state index < -0.39 is 35.6 Å². The fourth-order valence-electron chi connectivity index (χ4n) is 3.87. The molecule has 7 nitrogen and oxygen atoms in total. The zero-order valence-corrected chi connectivity index (χ0v) is 21.2. The lowest BCUT2D eigenvalue weighted by molar-refractivity contribution is 0.00578. The minimum Gasteiger partial charge on any atom is -0.399 e. The molecule has 0 saturated carbocycles. The van der Waals surface area contributed by atoms with E-state index in [0.29, 0.717) is 27.2 Å². The summed E-state index contributed by atoms with van der Waals surface area (Å²) in [5.41, 5.74) is 0.723. The van der Waals surface area contributed by atoms with E-state index in [2.05, 4.69) is 10.4 Å². The summed E-state index contributed by atoms with van der Waals surface area (Å²) < 4.78 is 28.1. The Morgan fingerprint density at radius 2 is 1.77 bits per heavy atom.